The molecule has 9 nitrogen and oxygen atoms in total. The number of amides is 1. The molecule has 4 heterocycles. The summed E-state index contributed by atoms with van der Waals surface area (Å²) in [7, 11) is 0. The van der Waals surface area contributed by atoms with Crippen molar-refractivity contribution in [3.63, 3.8) is 0 Å². The molecule has 1 amide bonds. The van der Waals surface area contributed by atoms with E-state index in [0.29, 0.717) is 36.5 Å². The van der Waals surface area contributed by atoms with Gasteiger partial charge in [-0.1, -0.05) is 0 Å². The molecule has 0 radical (unpaired) electrons. The lowest BCUT2D eigenvalue weighted by Crippen LogP contribution is -2.49. The smallest absolute Gasteiger partial charge is 0.401 e. The molecule has 3 aliphatic heterocycles. The number of carbonyl (C=O) groups is 1. The third-order valence-corrected chi connectivity index (χ3v) is 6.95. The summed E-state index contributed by atoms with van der Waals surface area (Å²) in [4.78, 5) is 24.9. The second-order valence-electron chi connectivity index (χ2n) is 9.71. The normalized spacial score (nSPS) is 25.7. The second kappa shape index (κ2) is 8.93. The molecular weight excluding hydrogens is 477 g/mol. The SMILES string of the molecule is C[C@]1(CO)Cc2cc(NC(=O)/C(=C/N)c3ncccn3)c(N3C[C@@H]4C[C@H]3CN4CC(F)(F)F)cc2O1. The van der Waals surface area contributed by atoms with Crippen molar-refractivity contribution in [3.05, 3.63) is 48.2 Å². The number of hydrogen-bond acceptors (Lipinski definition) is 8. The van der Waals surface area contributed by atoms with Gasteiger partial charge in [0.1, 0.15) is 11.4 Å². The molecule has 3 atom stereocenters. The minimum Gasteiger partial charge on any atom is -0.484 e. The summed E-state index contributed by atoms with van der Waals surface area (Å²) in [5, 5.41) is 12.7. The fourth-order valence-electron chi connectivity index (χ4n) is 5.33. The van der Waals surface area contributed by atoms with E-state index in [1.54, 1.807) is 25.1 Å². The van der Waals surface area contributed by atoms with Gasteiger partial charge < -0.3 is 25.8 Å². The van der Waals surface area contributed by atoms with E-state index in [9.17, 15) is 23.1 Å². The molecule has 4 N–H and O–H groups in total. The van der Waals surface area contributed by atoms with Gasteiger partial charge in [0.15, 0.2) is 5.82 Å². The van der Waals surface area contributed by atoms with Gasteiger partial charge in [-0.05, 0) is 25.5 Å². The highest BCUT2D eigenvalue weighted by Crippen LogP contribution is 2.45. The van der Waals surface area contributed by atoms with Crippen LogP contribution in [0.3, 0.4) is 0 Å². The number of halogens is 3. The number of benzene rings is 1. The highest BCUT2D eigenvalue weighted by Gasteiger charge is 2.47. The maximum Gasteiger partial charge on any atom is 0.401 e. The number of carbonyl (C=O) groups excluding carboxylic acids is 1. The number of hydrogen-bond donors (Lipinski definition) is 3. The van der Waals surface area contributed by atoms with E-state index in [2.05, 4.69) is 15.3 Å². The maximum atomic E-state index is 13.2. The molecule has 192 valence electrons. The van der Waals surface area contributed by atoms with E-state index in [-0.39, 0.29) is 36.6 Å². The lowest BCUT2D eigenvalue weighted by Gasteiger charge is -2.37. The first-order chi connectivity index (χ1) is 17.1. The van der Waals surface area contributed by atoms with Gasteiger partial charge in [0, 0.05) is 61.8 Å². The number of aromatic nitrogens is 2. The van der Waals surface area contributed by atoms with Gasteiger partial charge in [-0.2, -0.15) is 13.2 Å². The van der Waals surface area contributed by atoms with Crippen LogP contribution in [0.2, 0.25) is 0 Å². The lowest BCUT2D eigenvalue weighted by atomic mass is 9.99. The van der Waals surface area contributed by atoms with E-state index >= 15 is 0 Å². The van der Waals surface area contributed by atoms with E-state index < -0.39 is 24.2 Å². The molecule has 2 bridgehead atoms. The Morgan fingerprint density at radius 2 is 2.06 bits per heavy atom. The Hall–Kier alpha value is -3.38. The summed E-state index contributed by atoms with van der Waals surface area (Å²) < 4.78 is 45.0. The molecule has 0 saturated carbocycles. The summed E-state index contributed by atoms with van der Waals surface area (Å²) in [6, 6.07) is 4.83. The number of nitrogens with one attached hydrogen (secondary N) is 1. The van der Waals surface area contributed by atoms with Gasteiger partial charge >= 0.3 is 6.18 Å². The van der Waals surface area contributed by atoms with Crippen molar-refractivity contribution in [2.45, 2.75) is 43.6 Å². The summed E-state index contributed by atoms with van der Waals surface area (Å²) >= 11 is 0. The van der Waals surface area contributed by atoms with Gasteiger partial charge in [0.2, 0.25) is 0 Å². The van der Waals surface area contributed by atoms with Gasteiger partial charge in [0.05, 0.1) is 30.1 Å². The highest BCUT2D eigenvalue weighted by atomic mass is 19.4. The minimum absolute atomic E-state index is 0.0813. The number of rotatable bonds is 6. The van der Waals surface area contributed by atoms with Gasteiger partial charge in [-0.25, -0.2) is 9.97 Å². The zero-order chi connectivity index (χ0) is 25.7. The Balaban J connectivity index is 1.45. The Bertz CT molecular complexity index is 1190. The quantitative estimate of drug-likeness (QED) is 0.511. The average Bonchev–Trinajstić information content (AvgIpc) is 3.50. The fraction of sp³-hybridized carbons (Fsp3) is 0.458. The number of aliphatic hydroxyl groups excluding tert-OH is 1. The Morgan fingerprint density at radius 1 is 1.31 bits per heavy atom. The van der Waals surface area contributed by atoms with Gasteiger partial charge in [-0.15, -0.1) is 0 Å². The van der Waals surface area contributed by atoms with Crippen LogP contribution in [0.15, 0.2) is 36.8 Å². The highest BCUT2D eigenvalue weighted by molar-refractivity contribution is 6.24. The number of fused-ring (bicyclic) bond motifs is 3. The zero-order valence-electron chi connectivity index (χ0n) is 19.6. The lowest BCUT2D eigenvalue weighted by molar-refractivity contribution is -0.148. The first kappa shape index (κ1) is 24.3. The van der Waals surface area contributed by atoms with Crippen LogP contribution in [0, 0.1) is 0 Å². The fourth-order valence-corrected chi connectivity index (χ4v) is 5.33. The summed E-state index contributed by atoms with van der Waals surface area (Å²) in [6.07, 6.45) is 0.920. The number of likely N-dealkylation sites (tertiary alicyclic amines) is 1. The van der Waals surface area contributed by atoms with Crippen LogP contribution in [-0.2, 0) is 11.2 Å². The molecule has 3 aliphatic rings. The van der Waals surface area contributed by atoms with Crippen molar-refractivity contribution in [3.8, 4) is 5.75 Å². The predicted octanol–water partition coefficient (Wildman–Crippen LogP) is 1.93. The van der Waals surface area contributed by atoms with E-state index in [4.69, 9.17) is 10.5 Å². The Morgan fingerprint density at radius 3 is 2.67 bits per heavy atom. The van der Waals surface area contributed by atoms with Crippen LogP contribution < -0.4 is 20.7 Å². The molecule has 1 aromatic heterocycles. The molecule has 12 heteroatoms. The number of nitrogens with zero attached hydrogens (tertiary/aromatic N) is 4. The Kier molecular flexibility index (Phi) is 6.03. The molecule has 0 unspecified atom stereocenters. The Labute approximate surface area is 205 Å². The number of piperazine rings is 1. The van der Waals surface area contributed by atoms with Gasteiger partial charge in [-0.3, -0.25) is 9.69 Å². The first-order valence-electron chi connectivity index (χ1n) is 11.6. The molecule has 5 rings (SSSR count). The molecule has 36 heavy (non-hydrogen) atoms. The number of alkyl halides is 3. The number of aliphatic hydroxyl groups is 1. The topological polar surface area (TPSA) is 117 Å². The zero-order valence-corrected chi connectivity index (χ0v) is 19.6. The summed E-state index contributed by atoms with van der Waals surface area (Å²) in [6.45, 7) is 1.33. The monoisotopic (exact) mass is 504 g/mol. The van der Waals surface area contributed by atoms with Crippen molar-refractivity contribution in [1.29, 1.82) is 0 Å². The molecule has 2 fully saturated rings. The van der Waals surface area contributed by atoms with Crippen molar-refractivity contribution in [2.75, 3.05) is 36.5 Å². The molecule has 0 aliphatic carbocycles. The first-order valence-corrected chi connectivity index (χ1v) is 11.6. The molecule has 2 saturated heterocycles. The van der Waals surface area contributed by atoms with Crippen LogP contribution in [0.1, 0.15) is 24.7 Å². The minimum atomic E-state index is -4.25. The van der Waals surface area contributed by atoms with Crippen molar-refractivity contribution in [2.24, 2.45) is 5.73 Å². The molecular formula is C24H27F3N6O3. The largest absolute Gasteiger partial charge is 0.484 e. The molecule has 1 aromatic carbocycles. The number of nitrogens with two attached hydrogens (primary N) is 1. The third kappa shape index (κ3) is 4.58. The van der Waals surface area contributed by atoms with E-state index in [1.807, 2.05) is 4.90 Å². The summed E-state index contributed by atoms with van der Waals surface area (Å²) in [5.74, 6) is 0.228. The third-order valence-electron chi connectivity index (χ3n) is 6.95. The second-order valence-corrected chi connectivity index (χ2v) is 9.71. The predicted molar refractivity (Wildman–Crippen MR) is 126 cm³/mol. The average molecular weight is 505 g/mol. The maximum absolute atomic E-state index is 13.2. The van der Waals surface area contributed by atoms with Crippen molar-refractivity contribution >= 4 is 22.9 Å². The van der Waals surface area contributed by atoms with Crippen LogP contribution in [-0.4, -0.2) is 76.0 Å². The molecule has 0 spiro atoms. The summed E-state index contributed by atoms with van der Waals surface area (Å²) in [5.41, 5.74) is 6.94. The van der Waals surface area contributed by atoms with Crippen LogP contribution >= 0.6 is 0 Å². The van der Waals surface area contributed by atoms with Crippen LogP contribution in [0.4, 0.5) is 24.5 Å². The number of anilines is 2. The standard InChI is InChI=1S/C24H27F3N6O3/c1-23(13-34)8-14-5-18(31-22(35)17(9-28)21-29-3-2-4-30-21)19(7-20(14)36-23)33-11-15-6-16(33)10-32(15)12-24(25,26)27/h2-5,7,9,15-16,34H,6,8,10-13,28H2,1H3,(H,31,35)/b17-9+/t15-,16-,23+/m0/s1. The van der Waals surface area contributed by atoms with Crippen LogP contribution in [0.25, 0.3) is 5.57 Å². The van der Waals surface area contributed by atoms with Gasteiger partial charge in [0.25, 0.3) is 5.91 Å². The van der Waals surface area contributed by atoms with Crippen molar-refractivity contribution in [1.82, 2.24) is 14.9 Å². The van der Waals surface area contributed by atoms with E-state index in [0.717, 1.165) is 11.8 Å². The van der Waals surface area contributed by atoms with Crippen molar-refractivity contribution < 1.29 is 27.8 Å². The number of ether oxygens (including phenoxy) is 1. The van der Waals surface area contributed by atoms with Crippen LogP contribution in [0.5, 0.6) is 5.75 Å². The van der Waals surface area contributed by atoms with E-state index in [1.165, 1.54) is 17.3 Å². The molecule has 2 aromatic rings.